The SMILES string of the molecule is Cc1nc(-c2ccc3nnn(C)c3c2)c(-c2ccccn2)[nH]1. The van der Waals surface area contributed by atoms with Gasteiger partial charge in [-0.15, -0.1) is 5.10 Å². The summed E-state index contributed by atoms with van der Waals surface area (Å²) in [5.74, 6) is 0.860. The Hall–Kier alpha value is -3.02. The lowest BCUT2D eigenvalue weighted by atomic mass is 10.1. The highest BCUT2D eigenvalue weighted by atomic mass is 15.4. The molecule has 0 saturated heterocycles. The van der Waals surface area contributed by atoms with Gasteiger partial charge in [-0.05, 0) is 31.2 Å². The van der Waals surface area contributed by atoms with Gasteiger partial charge < -0.3 is 4.98 Å². The van der Waals surface area contributed by atoms with Gasteiger partial charge in [-0.3, -0.25) is 4.98 Å². The molecular formula is C16H14N6. The second-order valence-electron chi connectivity index (χ2n) is 5.18. The minimum Gasteiger partial charge on any atom is -0.340 e. The van der Waals surface area contributed by atoms with Crippen molar-refractivity contribution in [3.63, 3.8) is 0 Å². The van der Waals surface area contributed by atoms with E-state index < -0.39 is 0 Å². The van der Waals surface area contributed by atoms with E-state index in [9.17, 15) is 0 Å². The third-order valence-corrected chi connectivity index (χ3v) is 3.63. The zero-order valence-corrected chi connectivity index (χ0v) is 12.3. The zero-order valence-electron chi connectivity index (χ0n) is 12.3. The molecule has 0 aliphatic carbocycles. The smallest absolute Gasteiger partial charge is 0.113 e. The van der Waals surface area contributed by atoms with Crippen LogP contribution < -0.4 is 0 Å². The number of aromatic nitrogens is 6. The molecular weight excluding hydrogens is 276 g/mol. The fourth-order valence-electron chi connectivity index (χ4n) is 2.57. The lowest BCUT2D eigenvalue weighted by Crippen LogP contribution is -1.90. The molecule has 3 aromatic heterocycles. The molecule has 0 spiro atoms. The fraction of sp³-hybridized carbons (Fsp3) is 0.125. The second kappa shape index (κ2) is 4.77. The summed E-state index contributed by atoms with van der Waals surface area (Å²) in [6, 6.07) is 11.9. The summed E-state index contributed by atoms with van der Waals surface area (Å²) >= 11 is 0. The minimum atomic E-state index is 0.860. The number of hydrogen-bond acceptors (Lipinski definition) is 4. The van der Waals surface area contributed by atoms with Crippen molar-refractivity contribution in [3.05, 3.63) is 48.4 Å². The van der Waals surface area contributed by atoms with E-state index in [0.29, 0.717) is 0 Å². The number of fused-ring (bicyclic) bond motifs is 1. The molecule has 0 amide bonds. The number of pyridine rings is 1. The number of aromatic amines is 1. The molecule has 0 unspecified atom stereocenters. The number of hydrogen-bond donors (Lipinski definition) is 1. The summed E-state index contributed by atoms with van der Waals surface area (Å²) in [7, 11) is 1.88. The van der Waals surface area contributed by atoms with Crippen LogP contribution >= 0.6 is 0 Å². The highest BCUT2D eigenvalue weighted by Crippen LogP contribution is 2.30. The summed E-state index contributed by atoms with van der Waals surface area (Å²) in [6.45, 7) is 1.94. The molecule has 0 saturated carbocycles. The maximum atomic E-state index is 4.63. The molecule has 0 fully saturated rings. The number of aryl methyl sites for hydroxylation is 2. The van der Waals surface area contributed by atoms with E-state index in [1.54, 1.807) is 10.9 Å². The molecule has 4 rings (SSSR count). The average Bonchev–Trinajstić information content (AvgIpc) is 3.11. The first kappa shape index (κ1) is 12.7. The largest absolute Gasteiger partial charge is 0.340 e. The Kier molecular flexibility index (Phi) is 2.75. The van der Waals surface area contributed by atoms with Crippen molar-refractivity contribution >= 4 is 11.0 Å². The molecule has 6 heteroatoms. The van der Waals surface area contributed by atoms with E-state index >= 15 is 0 Å². The molecule has 0 radical (unpaired) electrons. The quantitative estimate of drug-likeness (QED) is 0.616. The van der Waals surface area contributed by atoms with Crippen molar-refractivity contribution < 1.29 is 0 Å². The molecule has 1 N–H and O–H groups in total. The molecule has 4 aromatic rings. The number of nitrogens with one attached hydrogen (secondary N) is 1. The van der Waals surface area contributed by atoms with Crippen LogP contribution in [-0.4, -0.2) is 29.9 Å². The van der Waals surface area contributed by atoms with Crippen molar-refractivity contribution in [1.29, 1.82) is 0 Å². The van der Waals surface area contributed by atoms with Crippen LogP contribution in [0.5, 0.6) is 0 Å². The monoisotopic (exact) mass is 290 g/mol. The van der Waals surface area contributed by atoms with Crippen LogP contribution in [0.4, 0.5) is 0 Å². The van der Waals surface area contributed by atoms with Gasteiger partial charge in [0.2, 0.25) is 0 Å². The molecule has 0 atom stereocenters. The van der Waals surface area contributed by atoms with Gasteiger partial charge in [-0.1, -0.05) is 17.3 Å². The predicted molar refractivity (Wildman–Crippen MR) is 84.1 cm³/mol. The van der Waals surface area contributed by atoms with Gasteiger partial charge in [-0.2, -0.15) is 0 Å². The van der Waals surface area contributed by atoms with Crippen molar-refractivity contribution in [3.8, 4) is 22.6 Å². The lowest BCUT2D eigenvalue weighted by Gasteiger charge is -2.03. The Labute approximate surface area is 126 Å². The third-order valence-electron chi connectivity index (χ3n) is 3.63. The van der Waals surface area contributed by atoms with E-state index in [2.05, 4.69) is 31.3 Å². The van der Waals surface area contributed by atoms with Crippen molar-refractivity contribution in [1.82, 2.24) is 29.9 Å². The van der Waals surface area contributed by atoms with Crippen LogP contribution in [0.15, 0.2) is 42.6 Å². The molecule has 3 heterocycles. The molecule has 0 bridgehead atoms. The van der Waals surface area contributed by atoms with E-state index in [-0.39, 0.29) is 0 Å². The number of imidazole rings is 1. The van der Waals surface area contributed by atoms with Gasteiger partial charge >= 0.3 is 0 Å². The van der Waals surface area contributed by atoms with Crippen molar-refractivity contribution in [2.24, 2.45) is 7.05 Å². The Morgan fingerprint density at radius 1 is 1.14 bits per heavy atom. The maximum Gasteiger partial charge on any atom is 0.113 e. The summed E-state index contributed by atoms with van der Waals surface area (Å²) in [5.41, 5.74) is 5.55. The zero-order chi connectivity index (χ0) is 15.1. The highest BCUT2D eigenvalue weighted by molar-refractivity contribution is 5.84. The number of benzene rings is 1. The summed E-state index contributed by atoms with van der Waals surface area (Å²) in [5, 5.41) is 8.15. The van der Waals surface area contributed by atoms with Gasteiger partial charge in [0.25, 0.3) is 0 Å². The Bertz CT molecular complexity index is 951. The third kappa shape index (κ3) is 1.96. The van der Waals surface area contributed by atoms with Crippen LogP contribution in [0, 0.1) is 6.92 Å². The number of H-pyrrole nitrogens is 1. The van der Waals surface area contributed by atoms with Gasteiger partial charge in [-0.25, -0.2) is 9.67 Å². The fourth-order valence-corrected chi connectivity index (χ4v) is 2.57. The van der Waals surface area contributed by atoms with Crippen LogP contribution in [0.1, 0.15) is 5.82 Å². The molecule has 108 valence electrons. The van der Waals surface area contributed by atoms with Gasteiger partial charge in [0, 0.05) is 18.8 Å². The Morgan fingerprint density at radius 2 is 2.05 bits per heavy atom. The van der Waals surface area contributed by atoms with Crippen LogP contribution in [0.2, 0.25) is 0 Å². The Balaban J connectivity index is 1.93. The number of nitrogens with zero attached hydrogens (tertiary/aromatic N) is 5. The maximum absolute atomic E-state index is 4.63. The molecule has 0 aliphatic heterocycles. The van der Waals surface area contributed by atoms with Gasteiger partial charge in [0.05, 0.1) is 22.6 Å². The molecule has 22 heavy (non-hydrogen) atoms. The highest BCUT2D eigenvalue weighted by Gasteiger charge is 2.14. The molecule has 6 nitrogen and oxygen atoms in total. The van der Waals surface area contributed by atoms with E-state index in [1.807, 2.05) is 44.3 Å². The predicted octanol–water partition coefficient (Wildman–Crippen LogP) is 2.73. The first-order valence-electron chi connectivity index (χ1n) is 7.00. The topological polar surface area (TPSA) is 72.3 Å². The first-order valence-corrected chi connectivity index (χ1v) is 7.00. The first-order chi connectivity index (χ1) is 10.7. The summed E-state index contributed by atoms with van der Waals surface area (Å²) in [4.78, 5) is 12.4. The van der Waals surface area contributed by atoms with Crippen LogP contribution in [-0.2, 0) is 7.05 Å². The average molecular weight is 290 g/mol. The molecule has 0 aliphatic rings. The standard InChI is InChI=1S/C16H14N6/c1-10-18-15(16(19-10)13-5-3-4-8-17-13)11-6-7-12-14(9-11)22(2)21-20-12/h3-9H,1-2H3,(H,18,19). The van der Waals surface area contributed by atoms with Crippen LogP contribution in [0.25, 0.3) is 33.7 Å². The normalized spacial score (nSPS) is 11.2. The van der Waals surface area contributed by atoms with Crippen molar-refractivity contribution in [2.45, 2.75) is 6.92 Å². The van der Waals surface area contributed by atoms with Crippen LogP contribution in [0.3, 0.4) is 0 Å². The van der Waals surface area contributed by atoms with E-state index in [4.69, 9.17) is 0 Å². The summed E-state index contributed by atoms with van der Waals surface area (Å²) in [6.07, 6.45) is 1.78. The lowest BCUT2D eigenvalue weighted by molar-refractivity contribution is 0.736. The summed E-state index contributed by atoms with van der Waals surface area (Å²) < 4.78 is 1.76. The molecule has 1 aromatic carbocycles. The minimum absolute atomic E-state index is 0.860. The van der Waals surface area contributed by atoms with Gasteiger partial charge in [0.15, 0.2) is 0 Å². The van der Waals surface area contributed by atoms with Gasteiger partial charge in [0.1, 0.15) is 11.3 Å². The number of rotatable bonds is 2. The second-order valence-corrected chi connectivity index (χ2v) is 5.18. The Morgan fingerprint density at radius 3 is 2.86 bits per heavy atom. The van der Waals surface area contributed by atoms with Crippen molar-refractivity contribution in [2.75, 3.05) is 0 Å². The van der Waals surface area contributed by atoms with E-state index in [0.717, 1.165) is 39.5 Å². The van der Waals surface area contributed by atoms with E-state index in [1.165, 1.54) is 0 Å².